The second kappa shape index (κ2) is 8.65. The van der Waals surface area contributed by atoms with Crippen molar-refractivity contribution >= 4 is 39.9 Å². The molecule has 1 amide bonds. The van der Waals surface area contributed by atoms with Crippen LogP contribution in [0, 0.1) is 6.92 Å². The van der Waals surface area contributed by atoms with Crippen molar-refractivity contribution in [1.29, 1.82) is 0 Å². The van der Waals surface area contributed by atoms with E-state index in [0.717, 1.165) is 5.56 Å². The highest BCUT2D eigenvalue weighted by molar-refractivity contribution is 7.13. The lowest BCUT2D eigenvalue weighted by atomic mass is 10.2. The predicted molar refractivity (Wildman–Crippen MR) is 92.8 cm³/mol. The Morgan fingerprint density at radius 2 is 2.17 bits per heavy atom. The highest BCUT2D eigenvalue weighted by Crippen LogP contribution is 2.25. The van der Waals surface area contributed by atoms with E-state index in [4.69, 9.17) is 21.1 Å². The van der Waals surface area contributed by atoms with Crippen LogP contribution in [0.5, 0.6) is 5.75 Å². The van der Waals surface area contributed by atoms with E-state index in [-0.39, 0.29) is 24.9 Å². The third-order valence-corrected chi connectivity index (χ3v) is 4.22. The average molecular weight is 369 g/mol. The first-order valence-corrected chi connectivity index (χ1v) is 8.53. The van der Waals surface area contributed by atoms with Gasteiger partial charge in [-0.25, -0.2) is 4.98 Å². The van der Waals surface area contributed by atoms with Crippen LogP contribution in [0.4, 0.5) is 5.13 Å². The van der Waals surface area contributed by atoms with Crippen LogP contribution in [0.15, 0.2) is 23.6 Å². The van der Waals surface area contributed by atoms with Gasteiger partial charge in [0, 0.05) is 16.0 Å². The van der Waals surface area contributed by atoms with Crippen molar-refractivity contribution in [2.24, 2.45) is 0 Å². The molecule has 1 N–H and O–H groups in total. The standard InChI is InChI=1S/C16H17ClN2O4S/c1-3-22-15(21)7-11-9-24-16(18-11)19-14(20)8-23-13-6-4-5-12(17)10(13)2/h4-6,9H,3,7-8H2,1-2H3,(H,18,19,20). The monoisotopic (exact) mass is 368 g/mol. The minimum Gasteiger partial charge on any atom is -0.483 e. The number of thiazole rings is 1. The molecular formula is C16H17ClN2O4S. The summed E-state index contributed by atoms with van der Waals surface area (Å²) in [6, 6.07) is 5.25. The molecular weight excluding hydrogens is 352 g/mol. The zero-order valence-corrected chi connectivity index (χ0v) is 14.9. The van der Waals surface area contributed by atoms with Gasteiger partial charge in [0.2, 0.25) is 0 Å². The minimum atomic E-state index is -0.347. The number of carbonyl (C=O) groups excluding carboxylic acids is 2. The summed E-state index contributed by atoms with van der Waals surface area (Å²) in [6.07, 6.45) is 0.0818. The maximum atomic E-state index is 11.9. The summed E-state index contributed by atoms with van der Waals surface area (Å²) < 4.78 is 10.3. The topological polar surface area (TPSA) is 77.5 Å². The number of benzene rings is 1. The van der Waals surface area contributed by atoms with Crippen LogP contribution >= 0.6 is 22.9 Å². The number of carbonyl (C=O) groups is 2. The molecule has 0 fully saturated rings. The molecule has 128 valence electrons. The lowest BCUT2D eigenvalue weighted by Crippen LogP contribution is -2.20. The van der Waals surface area contributed by atoms with Gasteiger partial charge in [0.1, 0.15) is 5.75 Å². The lowest BCUT2D eigenvalue weighted by molar-refractivity contribution is -0.142. The van der Waals surface area contributed by atoms with Crippen molar-refractivity contribution in [3.8, 4) is 5.75 Å². The number of nitrogens with zero attached hydrogens (tertiary/aromatic N) is 1. The number of anilines is 1. The Hall–Kier alpha value is -2.12. The molecule has 1 aromatic carbocycles. The summed E-state index contributed by atoms with van der Waals surface area (Å²) in [7, 11) is 0. The second-order valence-electron chi connectivity index (χ2n) is 4.83. The molecule has 0 unspecified atom stereocenters. The predicted octanol–water partition coefficient (Wildman–Crippen LogP) is 3.23. The van der Waals surface area contributed by atoms with Crippen LogP contribution in [0.1, 0.15) is 18.2 Å². The van der Waals surface area contributed by atoms with Crippen molar-refractivity contribution in [2.45, 2.75) is 20.3 Å². The number of halogens is 1. The molecule has 0 spiro atoms. The van der Waals surface area contributed by atoms with Crippen molar-refractivity contribution < 1.29 is 19.1 Å². The van der Waals surface area contributed by atoms with Crippen molar-refractivity contribution in [1.82, 2.24) is 4.98 Å². The van der Waals surface area contributed by atoms with Crippen LogP contribution in [0.25, 0.3) is 0 Å². The Labute approximate surface area is 148 Å². The highest BCUT2D eigenvalue weighted by atomic mass is 35.5. The van der Waals surface area contributed by atoms with Gasteiger partial charge < -0.3 is 9.47 Å². The Morgan fingerprint density at radius 3 is 2.92 bits per heavy atom. The highest BCUT2D eigenvalue weighted by Gasteiger charge is 2.11. The van der Waals surface area contributed by atoms with Crippen LogP contribution in [0.2, 0.25) is 5.02 Å². The molecule has 24 heavy (non-hydrogen) atoms. The number of nitrogens with one attached hydrogen (secondary N) is 1. The molecule has 0 radical (unpaired) electrons. The van der Waals surface area contributed by atoms with Gasteiger partial charge in [-0.15, -0.1) is 11.3 Å². The smallest absolute Gasteiger partial charge is 0.311 e. The Kier molecular flexibility index (Phi) is 6.57. The molecule has 0 atom stereocenters. The summed E-state index contributed by atoms with van der Waals surface area (Å²) >= 11 is 7.24. The van der Waals surface area contributed by atoms with Gasteiger partial charge >= 0.3 is 5.97 Å². The van der Waals surface area contributed by atoms with Gasteiger partial charge in [0.25, 0.3) is 5.91 Å². The van der Waals surface area contributed by atoms with Gasteiger partial charge in [0.05, 0.1) is 18.7 Å². The Balaban J connectivity index is 1.85. The maximum absolute atomic E-state index is 11.9. The van der Waals surface area contributed by atoms with Gasteiger partial charge in [-0.1, -0.05) is 17.7 Å². The lowest BCUT2D eigenvalue weighted by Gasteiger charge is -2.09. The molecule has 2 aromatic rings. The van der Waals surface area contributed by atoms with E-state index < -0.39 is 0 Å². The van der Waals surface area contributed by atoms with Crippen LogP contribution in [-0.2, 0) is 20.7 Å². The van der Waals surface area contributed by atoms with E-state index in [1.165, 1.54) is 11.3 Å². The summed E-state index contributed by atoms with van der Waals surface area (Å²) in [5, 5.41) is 5.32. The van der Waals surface area contributed by atoms with E-state index >= 15 is 0 Å². The Morgan fingerprint density at radius 1 is 1.38 bits per heavy atom. The fourth-order valence-electron chi connectivity index (χ4n) is 1.85. The fourth-order valence-corrected chi connectivity index (χ4v) is 2.74. The molecule has 0 aliphatic rings. The molecule has 6 nitrogen and oxygen atoms in total. The maximum Gasteiger partial charge on any atom is 0.311 e. The quantitative estimate of drug-likeness (QED) is 0.759. The number of aromatic nitrogens is 1. The minimum absolute atomic E-state index is 0.0818. The van der Waals surface area contributed by atoms with Gasteiger partial charge in [-0.05, 0) is 26.0 Å². The van der Waals surface area contributed by atoms with Crippen LogP contribution in [-0.4, -0.2) is 30.1 Å². The van der Waals surface area contributed by atoms with E-state index in [9.17, 15) is 9.59 Å². The van der Waals surface area contributed by atoms with Crippen LogP contribution in [0.3, 0.4) is 0 Å². The first-order chi connectivity index (χ1) is 11.5. The number of esters is 1. The molecule has 0 saturated heterocycles. The molecule has 8 heteroatoms. The zero-order valence-electron chi connectivity index (χ0n) is 13.3. The summed E-state index contributed by atoms with van der Waals surface area (Å²) in [6.45, 7) is 3.73. The normalized spacial score (nSPS) is 10.3. The van der Waals surface area contributed by atoms with Crippen molar-refractivity contribution in [2.75, 3.05) is 18.5 Å². The summed E-state index contributed by atoms with van der Waals surface area (Å²) in [5.41, 5.74) is 1.33. The van der Waals surface area contributed by atoms with E-state index in [1.807, 2.05) is 6.92 Å². The van der Waals surface area contributed by atoms with E-state index in [1.54, 1.807) is 30.5 Å². The van der Waals surface area contributed by atoms with Gasteiger partial charge in [0.15, 0.2) is 11.7 Å². The second-order valence-corrected chi connectivity index (χ2v) is 6.09. The number of hydrogen-bond donors (Lipinski definition) is 1. The van der Waals surface area contributed by atoms with Gasteiger partial charge in [-0.3, -0.25) is 14.9 Å². The fraction of sp³-hybridized carbons (Fsp3) is 0.312. The number of ether oxygens (including phenoxy) is 2. The Bertz CT molecular complexity index is 733. The van der Waals surface area contributed by atoms with Gasteiger partial charge in [-0.2, -0.15) is 0 Å². The average Bonchev–Trinajstić information content (AvgIpc) is 2.96. The molecule has 1 aromatic heterocycles. The van der Waals surface area contributed by atoms with E-state index in [0.29, 0.717) is 28.2 Å². The molecule has 0 saturated carbocycles. The van der Waals surface area contributed by atoms with Crippen molar-refractivity contribution in [3.05, 3.63) is 39.9 Å². The van der Waals surface area contributed by atoms with E-state index in [2.05, 4.69) is 10.3 Å². The first kappa shape index (κ1) is 18.2. The molecule has 0 aliphatic heterocycles. The number of rotatable bonds is 7. The molecule has 0 aliphatic carbocycles. The molecule has 1 heterocycles. The molecule has 0 bridgehead atoms. The third-order valence-electron chi connectivity index (χ3n) is 3.01. The summed E-state index contributed by atoms with van der Waals surface area (Å²) in [5.74, 6) is -0.133. The number of amides is 1. The van der Waals surface area contributed by atoms with Crippen LogP contribution < -0.4 is 10.1 Å². The summed E-state index contributed by atoms with van der Waals surface area (Å²) in [4.78, 5) is 27.5. The van der Waals surface area contributed by atoms with Crippen molar-refractivity contribution in [3.63, 3.8) is 0 Å². The zero-order chi connectivity index (χ0) is 17.5. The number of hydrogen-bond acceptors (Lipinski definition) is 6. The first-order valence-electron chi connectivity index (χ1n) is 7.27. The molecule has 2 rings (SSSR count). The third kappa shape index (κ3) is 5.21. The SMILES string of the molecule is CCOC(=O)Cc1csc(NC(=O)COc2cccc(Cl)c2C)n1. The largest absolute Gasteiger partial charge is 0.483 e.